The molecule has 0 atom stereocenters. The van der Waals surface area contributed by atoms with Crippen LogP contribution in [0.25, 0.3) is 11.1 Å². The molecule has 1 aliphatic rings. The Morgan fingerprint density at radius 2 is 1.69 bits per heavy atom. The van der Waals surface area contributed by atoms with Crippen LogP contribution in [0.4, 0.5) is 4.39 Å². The lowest BCUT2D eigenvalue weighted by Gasteiger charge is -2.16. The fraction of sp³-hybridized carbons (Fsp3) is 0.103. The predicted octanol–water partition coefficient (Wildman–Crippen LogP) is 6.32. The van der Waals surface area contributed by atoms with Gasteiger partial charge in [-0.15, -0.1) is 0 Å². The van der Waals surface area contributed by atoms with Crippen LogP contribution < -0.4 is 9.47 Å². The SMILES string of the molecule is COc1ccccc1-c1ccc(CN2Cc3cccc(Oc4c(F)cccc4C#N)c3C2=O)cc1. The number of hydrogen-bond acceptors (Lipinski definition) is 4. The van der Waals surface area contributed by atoms with E-state index in [2.05, 4.69) is 0 Å². The molecule has 1 aliphatic heterocycles. The third-order valence-corrected chi connectivity index (χ3v) is 6.02. The van der Waals surface area contributed by atoms with Crippen molar-refractivity contribution in [3.05, 3.63) is 113 Å². The van der Waals surface area contributed by atoms with Gasteiger partial charge in [-0.1, -0.05) is 60.7 Å². The summed E-state index contributed by atoms with van der Waals surface area (Å²) in [5, 5.41) is 9.32. The molecular weight excluding hydrogens is 443 g/mol. The van der Waals surface area contributed by atoms with Crippen LogP contribution in [0.5, 0.6) is 17.2 Å². The van der Waals surface area contributed by atoms with E-state index in [4.69, 9.17) is 9.47 Å². The lowest BCUT2D eigenvalue weighted by Crippen LogP contribution is -2.23. The van der Waals surface area contributed by atoms with Gasteiger partial charge in [0, 0.05) is 18.7 Å². The highest BCUT2D eigenvalue weighted by molar-refractivity contribution is 6.01. The Morgan fingerprint density at radius 3 is 2.46 bits per heavy atom. The molecule has 0 unspecified atom stereocenters. The Kier molecular flexibility index (Phi) is 5.90. The smallest absolute Gasteiger partial charge is 0.258 e. The molecule has 6 heteroatoms. The number of fused-ring (bicyclic) bond motifs is 1. The monoisotopic (exact) mass is 464 g/mol. The summed E-state index contributed by atoms with van der Waals surface area (Å²) < 4.78 is 25.6. The molecule has 5 rings (SSSR count). The van der Waals surface area contributed by atoms with Gasteiger partial charge >= 0.3 is 0 Å². The highest BCUT2D eigenvalue weighted by atomic mass is 19.1. The van der Waals surface area contributed by atoms with Crippen molar-refractivity contribution in [2.75, 3.05) is 7.11 Å². The number of amides is 1. The molecule has 1 heterocycles. The van der Waals surface area contributed by atoms with E-state index in [9.17, 15) is 14.4 Å². The third-order valence-electron chi connectivity index (χ3n) is 6.02. The van der Waals surface area contributed by atoms with E-state index >= 15 is 0 Å². The van der Waals surface area contributed by atoms with Crippen molar-refractivity contribution < 1.29 is 18.7 Å². The number of ether oxygens (including phenoxy) is 2. The first-order valence-corrected chi connectivity index (χ1v) is 11.1. The van der Waals surface area contributed by atoms with Gasteiger partial charge in [-0.05, 0) is 41.0 Å². The molecule has 0 aromatic heterocycles. The van der Waals surface area contributed by atoms with Crippen molar-refractivity contribution in [1.29, 1.82) is 5.26 Å². The fourth-order valence-corrected chi connectivity index (χ4v) is 4.30. The molecule has 0 saturated carbocycles. The number of nitriles is 1. The maximum absolute atomic E-state index is 14.4. The number of para-hydroxylation sites is 2. The quantitative estimate of drug-likeness (QED) is 0.335. The van der Waals surface area contributed by atoms with Gasteiger partial charge in [0.05, 0.1) is 18.2 Å². The fourth-order valence-electron chi connectivity index (χ4n) is 4.30. The Labute approximate surface area is 202 Å². The van der Waals surface area contributed by atoms with Crippen molar-refractivity contribution in [3.8, 4) is 34.4 Å². The number of carbonyl (C=O) groups is 1. The molecule has 172 valence electrons. The molecule has 0 aliphatic carbocycles. The molecule has 0 bridgehead atoms. The van der Waals surface area contributed by atoms with Gasteiger partial charge in [0.25, 0.3) is 5.91 Å². The normalized spacial score (nSPS) is 12.3. The lowest BCUT2D eigenvalue weighted by atomic mass is 10.0. The van der Waals surface area contributed by atoms with Gasteiger partial charge in [0.1, 0.15) is 17.6 Å². The van der Waals surface area contributed by atoms with E-state index in [0.717, 1.165) is 28.0 Å². The van der Waals surface area contributed by atoms with Gasteiger partial charge in [-0.3, -0.25) is 4.79 Å². The van der Waals surface area contributed by atoms with Crippen LogP contribution in [0.15, 0.2) is 84.9 Å². The minimum atomic E-state index is -0.654. The molecule has 0 N–H and O–H groups in total. The van der Waals surface area contributed by atoms with E-state index in [-0.39, 0.29) is 23.0 Å². The highest BCUT2D eigenvalue weighted by Crippen LogP contribution is 2.37. The zero-order valence-electron chi connectivity index (χ0n) is 19.0. The van der Waals surface area contributed by atoms with Crippen LogP contribution in [-0.4, -0.2) is 17.9 Å². The molecule has 4 aromatic rings. The summed E-state index contributed by atoms with van der Waals surface area (Å²) in [5.74, 6) is 0.00963. The number of rotatable bonds is 6. The van der Waals surface area contributed by atoms with E-state index < -0.39 is 5.82 Å². The molecule has 35 heavy (non-hydrogen) atoms. The third kappa shape index (κ3) is 4.20. The first kappa shape index (κ1) is 22.2. The summed E-state index contributed by atoms with van der Waals surface area (Å²) in [4.78, 5) is 15.0. The van der Waals surface area contributed by atoms with Crippen molar-refractivity contribution in [3.63, 3.8) is 0 Å². The lowest BCUT2D eigenvalue weighted by molar-refractivity contribution is 0.0764. The maximum atomic E-state index is 14.4. The Bertz CT molecular complexity index is 1460. The topological polar surface area (TPSA) is 62.6 Å². The second-order valence-electron chi connectivity index (χ2n) is 8.18. The maximum Gasteiger partial charge on any atom is 0.258 e. The Morgan fingerprint density at radius 1 is 0.943 bits per heavy atom. The molecule has 0 spiro atoms. The molecule has 0 fully saturated rings. The van der Waals surface area contributed by atoms with Crippen molar-refractivity contribution in [2.24, 2.45) is 0 Å². The average molecular weight is 464 g/mol. The first-order valence-electron chi connectivity index (χ1n) is 11.1. The van der Waals surface area contributed by atoms with E-state index in [1.165, 1.54) is 18.2 Å². The predicted molar refractivity (Wildman–Crippen MR) is 130 cm³/mol. The Hall–Kier alpha value is -4.63. The van der Waals surface area contributed by atoms with Crippen LogP contribution in [0.1, 0.15) is 27.0 Å². The molecule has 0 radical (unpaired) electrons. The average Bonchev–Trinajstić information content (AvgIpc) is 3.21. The van der Waals surface area contributed by atoms with Gasteiger partial charge in [0.15, 0.2) is 11.6 Å². The van der Waals surface area contributed by atoms with E-state index in [1.54, 1.807) is 24.1 Å². The molecule has 0 saturated heterocycles. The van der Waals surface area contributed by atoms with Crippen molar-refractivity contribution in [1.82, 2.24) is 4.90 Å². The summed E-state index contributed by atoms with van der Waals surface area (Å²) >= 11 is 0. The standard InChI is InChI=1S/C29H21FN2O3/c1-34-25-10-3-2-8-23(25)20-14-12-19(13-15-20)17-32-18-22-7-5-11-26(27(22)29(32)33)35-28-21(16-31)6-4-9-24(28)30/h2-15H,17-18H2,1H3. The van der Waals surface area contributed by atoms with Crippen LogP contribution >= 0.6 is 0 Å². The van der Waals surface area contributed by atoms with Crippen molar-refractivity contribution in [2.45, 2.75) is 13.1 Å². The second-order valence-corrected chi connectivity index (χ2v) is 8.18. The zero-order valence-corrected chi connectivity index (χ0v) is 19.0. The Balaban J connectivity index is 1.37. The molecule has 4 aromatic carbocycles. The van der Waals surface area contributed by atoms with Gasteiger partial charge in [-0.2, -0.15) is 5.26 Å². The summed E-state index contributed by atoms with van der Waals surface area (Å²) in [7, 11) is 1.65. The highest BCUT2D eigenvalue weighted by Gasteiger charge is 2.31. The zero-order chi connectivity index (χ0) is 24.4. The van der Waals surface area contributed by atoms with Crippen LogP contribution in [0.3, 0.4) is 0 Å². The van der Waals surface area contributed by atoms with Crippen LogP contribution in [0, 0.1) is 17.1 Å². The molecule has 5 nitrogen and oxygen atoms in total. The van der Waals surface area contributed by atoms with Gasteiger partial charge in [-0.25, -0.2) is 4.39 Å². The number of nitrogens with zero attached hydrogens (tertiary/aromatic N) is 2. The number of benzene rings is 4. The summed E-state index contributed by atoms with van der Waals surface area (Å²) in [5.41, 5.74) is 4.26. The number of halogens is 1. The van der Waals surface area contributed by atoms with Crippen molar-refractivity contribution >= 4 is 5.91 Å². The molecule has 1 amide bonds. The number of carbonyl (C=O) groups excluding carboxylic acids is 1. The number of methoxy groups -OCH3 is 1. The number of hydrogen-bond donors (Lipinski definition) is 0. The first-order chi connectivity index (χ1) is 17.1. The largest absolute Gasteiger partial charge is 0.496 e. The summed E-state index contributed by atoms with van der Waals surface area (Å²) in [6.45, 7) is 0.838. The van der Waals surface area contributed by atoms with Crippen LogP contribution in [0.2, 0.25) is 0 Å². The summed E-state index contributed by atoms with van der Waals surface area (Å²) in [6, 6.07) is 27.2. The molecular formula is C29H21FN2O3. The minimum absolute atomic E-state index is 0.0695. The van der Waals surface area contributed by atoms with E-state index in [1.807, 2.05) is 60.7 Å². The van der Waals surface area contributed by atoms with Gasteiger partial charge in [0.2, 0.25) is 0 Å². The minimum Gasteiger partial charge on any atom is -0.496 e. The van der Waals surface area contributed by atoms with Crippen LogP contribution in [-0.2, 0) is 13.1 Å². The summed E-state index contributed by atoms with van der Waals surface area (Å²) in [6.07, 6.45) is 0. The second kappa shape index (κ2) is 9.32. The van der Waals surface area contributed by atoms with Gasteiger partial charge < -0.3 is 14.4 Å². The van der Waals surface area contributed by atoms with E-state index in [0.29, 0.717) is 18.7 Å².